The van der Waals surface area contributed by atoms with Crippen LogP contribution in [-0.2, 0) is 0 Å². The summed E-state index contributed by atoms with van der Waals surface area (Å²) in [6.45, 7) is 2.12. The van der Waals surface area contributed by atoms with Crippen molar-refractivity contribution >= 4 is 29.2 Å². The van der Waals surface area contributed by atoms with Crippen LogP contribution in [0.3, 0.4) is 0 Å². The zero-order valence-corrected chi connectivity index (χ0v) is 16.7. The quantitative estimate of drug-likeness (QED) is 0.783. The maximum atomic E-state index is 13.1. The second-order valence-corrected chi connectivity index (χ2v) is 8.09. The minimum absolute atomic E-state index is 0.0251. The number of aromatic nitrogens is 3. The van der Waals surface area contributed by atoms with Crippen molar-refractivity contribution in [3.63, 3.8) is 0 Å². The van der Waals surface area contributed by atoms with Gasteiger partial charge in [0.1, 0.15) is 5.82 Å². The maximum absolute atomic E-state index is 13.1. The molecular formula is C20H22F3N7O. The number of alkyl halides is 3. The first-order valence-electron chi connectivity index (χ1n) is 10.3. The molecule has 0 saturated carbocycles. The molecule has 2 bridgehead atoms. The van der Waals surface area contributed by atoms with E-state index in [0.29, 0.717) is 17.5 Å². The van der Waals surface area contributed by atoms with E-state index in [4.69, 9.17) is 4.98 Å². The first-order chi connectivity index (χ1) is 14.9. The van der Waals surface area contributed by atoms with Gasteiger partial charge >= 0.3 is 12.2 Å². The standard InChI is InChI=1S/C20H22F3N7O/c21-20(22,23)13-3-8-28(9-4-13)17-2-1-15-18(27-17)30(14-5-10-29(15)12-14)19(31)26-16-11-24-6-7-25-16/h1-2,6-7,11,13-14H,3-5,8-10,12H2,(H,25,26,31). The van der Waals surface area contributed by atoms with E-state index in [-0.39, 0.29) is 38.0 Å². The first-order valence-corrected chi connectivity index (χ1v) is 10.3. The minimum Gasteiger partial charge on any atom is -0.366 e. The van der Waals surface area contributed by atoms with Crippen molar-refractivity contribution in [3.05, 3.63) is 30.7 Å². The van der Waals surface area contributed by atoms with Crippen LogP contribution < -0.4 is 20.0 Å². The van der Waals surface area contributed by atoms with Gasteiger partial charge in [0.15, 0.2) is 11.6 Å². The Bertz CT molecular complexity index is 963. The lowest BCUT2D eigenvalue weighted by atomic mass is 9.96. The van der Waals surface area contributed by atoms with E-state index in [0.717, 1.165) is 25.2 Å². The molecule has 0 radical (unpaired) electrons. The molecule has 0 aromatic carbocycles. The van der Waals surface area contributed by atoms with Gasteiger partial charge in [-0.1, -0.05) is 0 Å². The van der Waals surface area contributed by atoms with Crippen LogP contribution in [0.2, 0.25) is 0 Å². The minimum atomic E-state index is -4.16. The summed E-state index contributed by atoms with van der Waals surface area (Å²) in [7, 11) is 0. The van der Waals surface area contributed by atoms with Crippen LogP contribution in [0.25, 0.3) is 0 Å². The lowest BCUT2D eigenvalue weighted by molar-refractivity contribution is -0.179. The predicted molar refractivity (Wildman–Crippen MR) is 109 cm³/mol. The van der Waals surface area contributed by atoms with Gasteiger partial charge in [0, 0.05) is 38.6 Å². The van der Waals surface area contributed by atoms with Gasteiger partial charge in [0.05, 0.1) is 23.8 Å². The molecule has 11 heteroatoms. The molecule has 5 heterocycles. The summed E-state index contributed by atoms with van der Waals surface area (Å²) in [5, 5.41) is 2.77. The van der Waals surface area contributed by atoms with Crippen molar-refractivity contribution < 1.29 is 18.0 Å². The number of urea groups is 1. The fourth-order valence-corrected chi connectivity index (χ4v) is 4.61. The van der Waals surface area contributed by atoms with Gasteiger partial charge in [-0.3, -0.25) is 15.2 Å². The molecule has 2 amide bonds. The molecule has 2 saturated heterocycles. The van der Waals surface area contributed by atoms with Crippen molar-refractivity contribution in [1.82, 2.24) is 15.0 Å². The molecule has 0 spiro atoms. The average Bonchev–Trinajstić information content (AvgIpc) is 3.18. The van der Waals surface area contributed by atoms with Crippen LogP contribution in [-0.4, -0.2) is 59.4 Å². The molecule has 8 nitrogen and oxygen atoms in total. The Balaban J connectivity index is 1.40. The third-order valence-electron chi connectivity index (χ3n) is 6.24. The van der Waals surface area contributed by atoms with Crippen LogP contribution >= 0.6 is 0 Å². The van der Waals surface area contributed by atoms with E-state index >= 15 is 0 Å². The summed E-state index contributed by atoms with van der Waals surface area (Å²) >= 11 is 0. The molecule has 2 fully saturated rings. The monoisotopic (exact) mass is 433 g/mol. The highest BCUT2D eigenvalue weighted by Gasteiger charge is 2.43. The third kappa shape index (κ3) is 3.72. The molecule has 0 aliphatic carbocycles. The van der Waals surface area contributed by atoms with Crippen LogP contribution in [0.15, 0.2) is 30.7 Å². The van der Waals surface area contributed by atoms with Gasteiger partial charge in [0.2, 0.25) is 0 Å². The summed E-state index contributed by atoms with van der Waals surface area (Å²) in [5.74, 6) is 0.210. The van der Waals surface area contributed by atoms with Crippen LogP contribution in [0.5, 0.6) is 0 Å². The fourth-order valence-electron chi connectivity index (χ4n) is 4.61. The number of nitrogens with one attached hydrogen (secondary N) is 1. The number of rotatable bonds is 2. The molecule has 31 heavy (non-hydrogen) atoms. The number of fused-ring (bicyclic) bond motifs is 4. The predicted octanol–water partition coefficient (Wildman–Crippen LogP) is 3.28. The lowest BCUT2D eigenvalue weighted by Crippen LogP contribution is -2.48. The number of pyridine rings is 1. The number of halogens is 3. The highest BCUT2D eigenvalue weighted by Crippen LogP contribution is 2.41. The van der Waals surface area contributed by atoms with Crippen LogP contribution in [0, 0.1) is 5.92 Å². The smallest absolute Gasteiger partial charge is 0.366 e. The number of amides is 2. The van der Waals surface area contributed by atoms with E-state index in [1.807, 2.05) is 17.0 Å². The number of hydrogen-bond donors (Lipinski definition) is 1. The summed E-state index contributed by atoms with van der Waals surface area (Å²) < 4.78 is 39.0. The molecule has 2 aromatic rings. The Morgan fingerprint density at radius 3 is 2.55 bits per heavy atom. The average molecular weight is 433 g/mol. The molecule has 3 aliphatic heterocycles. The topological polar surface area (TPSA) is 77.5 Å². The Hall–Kier alpha value is -3.11. The van der Waals surface area contributed by atoms with Crippen molar-refractivity contribution in [2.75, 3.05) is 46.2 Å². The Labute approximate surface area is 177 Å². The summed E-state index contributed by atoms with van der Waals surface area (Å²) in [6, 6.07) is 3.39. The van der Waals surface area contributed by atoms with Gasteiger partial charge in [-0.05, 0) is 31.4 Å². The number of carbonyl (C=O) groups excluding carboxylic acids is 1. The van der Waals surface area contributed by atoms with Gasteiger partial charge in [-0.15, -0.1) is 0 Å². The van der Waals surface area contributed by atoms with Gasteiger partial charge in [0.25, 0.3) is 0 Å². The Morgan fingerprint density at radius 1 is 1.06 bits per heavy atom. The van der Waals surface area contributed by atoms with Gasteiger partial charge in [-0.25, -0.2) is 14.8 Å². The number of hydrogen-bond acceptors (Lipinski definition) is 6. The highest BCUT2D eigenvalue weighted by atomic mass is 19.4. The zero-order chi connectivity index (χ0) is 21.6. The van der Waals surface area contributed by atoms with E-state index < -0.39 is 12.1 Å². The van der Waals surface area contributed by atoms with E-state index in [1.54, 1.807) is 4.90 Å². The summed E-state index contributed by atoms with van der Waals surface area (Å²) in [6.07, 6.45) is 1.25. The van der Waals surface area contributed by atoms with Crippen LogP contribution in [0.4, 0.5) is 41.1 Å². The fraction of sp³-hybridized carbons (Fsp3) is 0.500. The Morgan fingerprint density at radius 2 is 1.84 bits per heavy atom. The maximum Gasteiger partial charge on any atom is 0.391 e. The van der Waals surface area contributed by atoms with E-state index in [2.05, 4.69) is 20.2 Å². The lowest BCUT2D eigenvalue weighted by Gasteiger charge is -2.38. The number of carbonyl (C=O) groups is 1. The molecule has 2 aromatic heterocycles. The van der Waals surface area contributed by atoms with Crippen LogP contribution in [0.1, 0.15) is 19.3 Å². The molecule has 164 valence electrons. The SMILES string of the molecule is O=C(Nc1cnccn1)N1c2nc(N3CCC(C(F)(F)F)CC3)ccc2N2CCC1C2. The van der Waals surface area contributed by atoms with E-state index in [1.165, 1.54) is 18.6 Å². The second-order valence-electron chi connectivity index (χ2n) is 8.09. The third-order valence-corrected chi connectivity index (χ3v) is 6.24. The normalized spacial score (nSPS) is 21.3. The molecule has 1 unspecified atom stereocenters. The van der Waals surface area contributed by atoms with Crippen molar-refractivity contribution in [2.24, 2.45) is 5.92 Å². The van der Waals surface area contributed by atoms with Crippen molar-refractivity contribution in [2.45, 2.75) is 31.5 Å². The number of piperidine rings is 1. The number of nitrogens with zero attached hydrogens (tertiary/aromatic N) is 6. The summed E-state index contributed by atoms with van der Waals surface area (Å²) in [5.41, 5.74) is 0.858. The van der Waals surface area contributed by atoms with Crippen molar-refractivity contribution in [1.29, 1.82) is 0 Å². The van der Waals surface area contributed by atoms with Gasteiger partial charge < -0.3 is 9.80 Å². The number of anilines is 4. The van der Waals surface area contributed by atoms with E-state index in [9.17, 15) is 18.0 Å². The van der Waals surface area contributed by atoms with Crippen molar-refractivity contribution in [3.8, 4) is 0 Å². The zero-order valence-electron chi connectivity index (χ0n) is 16.7. The summed E-state index contributed by atoms with van der Waals surface area (Å²) in [4.78, 5) is 31.6. The first kappa shape index (κ1) is 19.8. The molecule has 3 aliphatic rings. The molecule has 1 atom stereocenters. The largest absolute Gasteiger partial charge is 0.391 e. The molecule has 5 rings (SSSR count). The Kier molecular flexibility index (Phi) is 4.82. The highest BCUT2D eigenvalue weighted by molar-refractivity contribution is 6.04. The molecule has 1 N–H and O–H groups in total. The van der Waals surface area contributed by atoms with Gasteiger partial charge in [-0.2, -0.15) is 13.2 Å². The molecular weight excluding hydrogens is 411 g/mol. The second kappa shape index (κ2) is 7.54.